The van der Waals surface area contributed by atoms with Crippen molar-refractivity contribution in [3.05, 3.63) is 42.7 Å². The summed E-state index contributed by atoms with van der Waals surface area (Å²) in [5.74, 6) is 0. The average Bonchev–Trinajstić information content (AvgIpc) is 2.99. The van der Waals surface area contributed by atoms with Crippen molar-refractivity contribution in [1.82, 2.24) is 19.7 Å². The highest BCUT2D eigenvalue weighted by Gasteiger charge is 2.32. The number of methoxy groups -OCH3 is 1. The molecule has 2 aromatic rings. The molecule has 0 fully saturated rings. The first-order valence-electron chi connectivity index (χ1n) is 6.25. The molecule has 0 spiro atoms. The van der Waals surface area contributed by atoms with Crippen LogP contribution in [-0.4, -0.2) is 43.7 Å². The van der Waals surface area contributed by atoms with Crippen LogP contribution in [0, 0.1) is 0 Å². The molecule has 0 radical (unpaired) electrons. The molecule has 1 atom stereocenters. The molecule has 2 aromatic heterocycles. The van der Waals surface area contributed by atoms with Gasteiger partial charge in [-0.05, 0) is 32.1 Å². The highest BCUT2D eigenvalue weighted by Crippen LogP contribution is 2.24. The molecule has 0 aromatic carbocycles. The quantitative estimate of drug-likeness (QED) is 0.893. The highest BCUT2D eigenvalue weighted by atomic mass is 16.5. The summed E-state index contributed by atoms with van der Waals surface area (Å²) >= 11 is 0. The van der Waals surface area contributed by atoms with E-state index in [0.29, 0.717) is 5.70 Å². The summed E-state index contributed by atoms with van der Waals surface area (Å²) in [6, 6.07) is 5.57. The Morgan fingerprint density at radius 1 is 1.45 bits per heavy atom. The Bertz CT molecular complexity index is 564. The lowest BCUT2D eigenvalue weighted by atomic mass is 9.98. The fraction of sp³-hybridized carbons (Fsp3) is 0.357. The van der Waals surface area contributed by atoms with Crippen molar-refractivity contribution in [3.8, 4) is 0 Å². The van der Waals surface area contributed by atoms with E-state index in [1.54, 1.807) is 33.2 Å². The van der Waals surface area contributed by atoms with Gasteiger partial charge in [0.05, 0.1) is 17.0 Å². The molecule has 6 heteroatoms. The van der Waals surface area contributed by atoms with Gasteiger partial charge in [0.25, 0.3) is 0 Å². The van der Waals surface area contributed by atoms with Crippen LogP contribution in [0.1, 0.15) is 19.5 Å². The van der Waals surface area contributed by atoms with E-state index in [2.05, 4.69) is 15.1 Å². The van der Waals surface area contributed by atoms with Crippen LogP contribution >= 0.6 is 0 Å². The number of ether oxygens (including phenoxy) is 1. The second-order valence-electron chi connectivity index (χ2n) is 4.87. The maximum absolute atomic E-state index is 10.6. The van der Waals surface area contributed by atoms with E-state index < -0.39 is 11.7 Å². The van der Waals surface area contributed by atoms with Crippen molar-refractivity contribution < 1.29 is 9.84 Å². The fourth-order valence-electron chi connectivity index (χ4n) is 1.69. The Morgan fingerprint density at radius 3 is 2.80 bits per heavy atom. The Morgan fingerprint density at radius 2 is 2.25 bits per heavy atom. The molecule has 106 valence electrons. The van der Waals surface area contributed by atoms with Crippen molar-refractivity contribution in [2.45, 2.75) is 25.6 Å². The molecule has 0 saturated carbocycles. The molecule has 0 saturated heterocycles. The number of nitrogens with zero attached hydrogens (tertiary/aromatic N) is 4. The molecular formula is C14H18N4O2. The van der Waals surface area contributed by atoms with E-state index in [-0.39, 0.29) is 0 Å². The van der Waals surface area contributed by atoms with Gasteiger partial charge in [0.15, 0.2) is 0 Å². The molecule has 0 aliphatic carbocycles. The number of rotatable bonds is 5. The second-order valence-corrected chi connectivity index (χ2v) is 4.87. The van der Waals surface area contributed by atoms with Gasteiger partial charge in [0, 0.05) is 13.3 Å². The summed E-state index contributed by atoms with van der Waals surface area (Å²) in [6.45, 7) is 3.61. The SMILES string of the molecule is COC(C)(C)C(O)/C(=C/c1ccccn1)n1cncn1. The second kappa shape index (κ2) is 5.94. The lowest BCUT2D eigenvalue weighted by Crippen LogP contribution is -2.40. The third-order valence-corrected chi connectivity index (χ3v) is 3.13. The number of hydrogen-bond acceptors (Lipinski definition) is 5. The van der Waals surface area contributed by atoms with Crippen molar-refractivity contribution in [2.75, 3.05) is 7.11 Å². The van der Waals surface area contributed by atoms with Crippen molar-refractivity contribution in [1.29, 1.82) is 0 Å². The van der Waals surface area contributed by atoms with Crippen LogP contribution in [0.4, 0.5) is 0 Å². The summed E-state index contributed by atoms with van der Waals surface area (Å²) in [7, 11) is 1.56. The van der Waals surface area contributed by atoms with E-state index in [0.717, 1.165) is 5.69 Å². The summed E-state index contributed by atoms with van der Waals surface area (Å²) in [4.78, 5) is 8.14. The first kappa shape index (κ1) is 14.4. The zero-order chi connectivity index (χ0) is 14.6. The number of aliphatic hydroxyl groups is 1. The van der Waals surface area contributed by atoms with Gasteiger partial charge in [-0.25, -0.2) is 9.67 Å². The third kappa shape index (κ3) is 3.09. The first-order valence-corrected chi connectivity index (χ1v) is 6.25. The zero-order valence-corrected chi connectivity index (χ0v) is 11.8. The normalized spacial score (nSPS) is 14.3. The van der Waals surface area contributed by atoms with Gasteiger partial charge in [-0.1, -0.05) is 6.07 Å². The number of aliphatic hydroxyl groups excluding tert-OH is 1. The smallest absolute Gasteiger partial charge is 0.138 e. The summed E-state index contributed by atoms with van der Waals surface area (Å²) in [5, 5.41) is 14.6. The van der Waals surface area contributed by atoms with Crippen LogP contribution in [0.25, 0.3) is 11.8 Å². The van der Waals surface area contributed by atoms with Gasteiger partial charge in [-0.15, -0.1) is 0 Å². The molecule has 6 nitrogen and oxygen atoms in total. The molecule has 2 heterocycles. The molecule has 1 N–H and O–H groups in total. The van der Waals surface area contributed by atoms with Gasteiger partial charge >= 0.3 is 0 Å². The first-order chi connectivity index (χ1) is 9.54. The maximum atomic E-state index is 10.6. The van der Waals surface area contributed by atoms with E-state index in [4.69, 9.17) is 4.74 Å². The van der Waals surface area contributed by atoms with Gasteiger partial charge < -0.3 is 9.84 Å². The Labute approximate surface area is 117 Å². The van der Waals surface area contributed by atoms with Crippen LogP contribution < -0.4 is 0 Å². The number of aromatic nitrogens is 4. The monoisotopic (exact) mass is 274 g/mol. The minimum Gasteiger partial charge on any atom is -0.384 e. The molecule has 0 amide bonds. The van der Waals surface area contributed by atoms with E-state index in [1.807, 2.05) is 18.2 Å². The van der Waals surface area contributed by atoms with Crippen molar-refractivity contribution >= 4 is 11.8 Å². The summed E-state index contributed by atoms with van der Waals surface area (Å²) in [5.41, 5.74) is 0.518. The average molecular weight is 274 g/mol. The summed E-state index contributed by atoms with van der Waals surface area (Å²) in [6.07, 6.45) is 5.53. The fourth-order valence-corrected chi connectivity index (χ4v) is 1.69. The van der Waals surface area contributed by atoms with Gasteiger partial charge in [-0.2, -0.15) is 5.10 Å². The van der Waals surface area contributed by atoms with Crippen LogP contribution in [0.3, 0.4) is 0 Å². The molecule has 20 heavy (non-hydrogen) atoms. The zero-order valence-electron chi connectivity index (χ0n) is 11.8. The molecule has 2 rings (SSSR count). The van der Waals surface area contributed by atoms with Crippen LogP contribution in [0.2, 0.25) is 0 Å². The molecule has 1 unspecified atom stereocenters. The van der Waals surface area contributed by atoms with E-state index in [1.165, 1.54) is 17.3 Å². The maximum Gasteiger partial charge on any atom is 0.138 e. The molecular weight excluding hydrogens is 256 g/mol. The van der Waals surface area contributed by atoms with Crippen LogP contribution in [0.15, 0.2) is 37.1 Å². The van der Waals surface area contributed by atoms with Gasteiger partial charge in [0.1, 0.15) is 18.8 Å². The minimum atomic E-state index is -0.879. The van der Waals surface area contributed by atoms with Crippen molar-refractivity contribution in [3.63, 3.8) is 0 Å². The molecule has 0 bridgehead atoms. The molecule has 0 aliphatic rings. The van der Waals surface area contributed by atoms with Crippen LogP contribution in [0.5, 0.6) is 0 Å². The van der Waals surface area contributed by atoms with E-state index in [9.17, 15) is 5.11 Å². The van der Waals surface area contributed by atoms with Gasteiger partial charge in [0.2, 0.25) is 0 Å². The Kier molecular flexibility index (Phi) is 4.26. The molecule has 0 aliphatic heterocycles. The standard InChI is InChI=1S/C14H18N4O2/c1-14(2,20-3)13(19)12(18-10-15-9-17-18)8-11-6-4-5-7-16-11/h4-10,13,19H,1-3H3/b12-8-. The number of pyridine rings is 1. The predicted molar refractivity (Wildman–Crippen MR) is 75.5 cm³/mol. The third-order valence-electron chi connectivity index (χ3n) is 3.13. The van der Waals surface area contributed by atoms with Crippen LogP contribution in [-0.2, 0) is 4.74 Å². The van der Waals surface area contributed by atoms with Gasteiger partial charge in [-0.3, -0.25) is 4.98 Å². The Hall–Kier alpha value is -2.05. The van der Waals surface area contributed by atoms with E-state index >= 15 is 0 Å². The topological polar surface area (TPSA) is 73.1 Å². The number of hydrogen-bond donors (Lipinski definition) is 1. The highest BCUT2D eigenvalue weighted by molar-refractivity contribution is 5.71. The predicted octanol–water partition coefficient (Wildman–Crippen LogP) is 1.46. The summed E-state index contributed by atoms with van der Waals surface area (Å²) < 4.78 is 6.86. The lowest BCUT2D eigenvalue weighted by molar-refractivity contribution is -0.0539. The Balaban J connectivity index is 2.44. The largest absolute Gasteiger partial charge is 0.384 e. The minimum absolute atomic E-state index is 0.549. The van der Waals surface area contributed by atoms with Crippen molar-refractivity contribution in [2.24, 2.45) is 0 Å². The lowest BCUT2D eigenvalue weighted by Gasteiger charge is -2.30.